The molecule has 0 aliphatic rings. The van der Waals surface area contributed by atoms with Crippen molar-refractivity contribution >= 4 is 9.84 Å². The lowest BCUT2D eigenvalue weighted by molar-refractivity contribution is 0.504. The van der Waals surface area contributed by atoms with Gasteiger partial charge in [0.05, 0.1) is 5.75 Å². The molecule has 102 valence electrons. The predicted octanol–water partition coefficient (Wildman–Crippen LogP) is 2.20. The van der Waals surface area contributed by atoms with E-state index in [1.54, 1.807) is 0 Å². The van der Waals surface area contributed by atoms with Gasteiger partial charge in [0.15, 0.2) is 0 Å². The van der Waals surface area contributed by atoms with Crippen molar-refractivity contribution < 1.29 is 8.42 Å². The molecule has 4 heteroatoms. The quantitative estimate of drug-likeness (QED) is 0.825. The molecule has 0 unspecified atom stereocenters. The maximum atomic E-state index is 11.1. The zero-order valence-corrected chi connectivity index (χ0v) is 12.2. The highest BCUT2D eigenvalue weighted by atomic mass is 32.2. The van der Waals surface area contributed by atoms with Crippen molar-refractivity contribution in [3.8, 4) is 0 Å². The van der Waals surface area contributed by atoms with E-state index in [4.69, 9.17) is 0 Å². The number of hydrogen-bond acceptors (Lipinski definition) is 3. The van der Waals surface area contributed by atoms with Gasteiger partial charge in [0.2, 0.25) is 0 Å². The molecule has 0 amide bonds. The van der Waals surface area contributed by atoms with Gasteiger partial charge in [-0.25, -0.2) is 8.42 Å². The Morgan fingerprint density at radius 3 is 2.33 bits per heavy atom. The second kappa shape index (κ2) is 6.90. The van der Waals surface area contributed by atoms with Crippen LogP contribution < -0.4 is 5.32 Å². The van der Waals surface area contributed by atoms with Crippen LogP contribution in [0.4, 0.5) is 0 Å². The monoisotopic (exact) mass is 269 g/mol. The molecule has 0 fully saturated rings. The van der Waals surface area contributed by atoms with Crippen LogP contribution in [0.3, 0.4) is 0 Å². The fraction of sp³-hybridized carbons (Fsp3) is 0.571. The van der Waals surface area contributed by atoms with E-state index in [0.717, 1.165) is 6.54 Å². The van der Waals surface area contributed by atoms with Crippen molar-refractivity contribution in [1.82, 2.24) is 5.32 Å². The van der Waals surface area contributed by atoms with Gasteiger partial charge in [-0.05, 0) is 24.8 Å². The molecule has 0 spiro atoms. The first-order valence-electron chi connectivity index (χ1n) is 6.34. The van der Waals surface area contributed by atoms with Crippen LogP contribution in [0.25, 0.3) is 0 Å². The lowest BCUT2D eigenvalue weighted by atomic mass is 10.0. The summed E-state index contributed by atoms with van der Waals surface area (Å²) in [5.74, 6) is 0.688. The van der Waals surface area contributed by atoms with E-state index in [1.165, 1.54) is 11.8 Å². The predicted molar refractivity (Wildman–Crippen MR) is 76.6 cm³/mol. The molecule has 0 saturated carbocycles. The van der Waals surface area contributed by atoms with Crippen LogP contribution in [0.5, 0.6) is 0 Å². The van der Waals surface area contributed by atoms with Gasteiger partial charge in [-0.15, -0.1) is 0 Å². The first-order chi connectivity index (χ1) is 8.38. The standard InChI is InChI=1S/C14H23NO2S/c1-12(14-7-5-4-6-8-14)11-15-13(2)9-10-18(3,16)17/h4-8,12-13,15H,9-11H2,1-3H3/t12-,13-/m0/s1. The maximum Gasteiger partial charge on any atom is 0.147 e. The summed E-state index contributed by atoms with van der Waals surface area (Å²) in [6.07, 6.45) is 1.95. The van der Waals surface area contributed by atoms with E-state index >= 15 is 0 Å². The smallest absolute Gasteiger partial charge is 0.147 e. The van der Waals surface area contributed by atoms with Crippen LogP contribution in [0.2, 0.25) is 0 Å². The van der Waals surface area contributed by atoms with E-state index in [2.05, 4.69) is 24.4 Å². The molecular weight excluding hydrogens is 246 g/mol. The largest absolute Gasteiger partial charge is 0.314 e. The molecule has 1 aromatic carbocycles. The van der Waals surface area contributed by atoms with Gasteiger partial charge in [0, 0.05) is 18.8 Å². The Kier molecular flexibility index (Phi) is 5.82. The molecule has 0 aromatic heterocycles. The molecule has 0 bridgehead atoms. The van der Waals surface area contributed by atoms with Gasteiger partial charge in [-0.2, -0.15) is 0 Å². The van der Waals surface area contributed by atoms with Gasteiger partial charge >= 0.3 is 0 Å². The summed E-state index contributed by atoms with van der Waals surface area (Å²) in [6.45, 7) is 5.07. The normalized spacial score (nSPS) is 15.3. The lowest BCUT2D eigenvalue weighted by Crippen LogP contribution is -2.31. The minimum absolute atomic E-state index is 0.228. The molecule has 1 N–H and O–H groups in total. The van der Waals surface area contributed by atoms with Crippen molar-refractivity contribution in [2.75, 3.05) is 18.6 Å². The summed E-state index contributed by atoms with van der Waals surface area (Å²) in [6, 6.07) is 10.6. The van der Waals surface area contributed by atoms with Crippen molar-refractivity contribution in [3.05, 3.63) is 35.9 Å². The van der Waals surface area contributed by atoms with Gasteiger partial charge in [-0.3, -0.25) is 0 Å². The molecule has 0 aliphatic carbocycles. The highest BCUT2D eigenvalue weighted by molar-refractivity contribution is 7.90. The topological polar surface area (TPSA) is 46.2 Å². The summed E-state index contributed by atoms with van der Waals surface area (Å²) in [4.78, 5) is 0. The third-order valence-corrected chi connectivity index (χ3v) is 4.04. The molecule has 0 heterocycles. The fourth-order valence-corrected chi connectivity index (χ4v) is 2.55. The summed E-state index contributed by atoms with van der Waals surface area (Å²) in [5, 5.41) is 3.39. The second-order valence-corrected chi connectivity index (χ2v) is 7.30. The maximum absolute atomic E-state index is 11.1. The Bertz CT molecular complexity index is 442. The van der Waals surface area contributed by atoms with Crippen molar-refractivity contribution in [2.24, 2.45) is 0 Å². The minimum Gasteiger partial charge on any atom is -0.314 e. The van der Waals surface area contributed by atoms with E-state index in [9.17, 15) is 8.42 Å². The fourth-order valence-electron chi connectivity index (χ4n) is 1.77. The van der Waals surface area contributed by atoms with Crippen LogP contribution >= 0.6 is 0 Å². The van der Waals surface area contributed by atoms with Gasteiger partial charge in [-0.1, -0.05) is 37.3 Å². The van der Waals surface area contributed by atoms with Crippen molar-refractivity contribution in [3.63, 3.8) is 0 Å². The minimum atomic E-state index is -2.85. The van der Waals surface area contributed by atoms with E-state index in [-0.39, 0.29) is 11.8 Å². The molecule has 3 nitrogen and oxygen atoms in total. The lowest BCUT2D eigenvalue weighted by Gasteiger charge is -2.17. The van der Waals surface area contributed by atoms with Crippen LogP contribution in [0, 0.1) is 0 Å². The van der Waals surface area contributed by atoms with Crippen LogP contribution in [-0.2, 0) is 9.84 Å². The molecule has 1 aromatic rings. The highest BCUT2D eigenvalue weighted by Crippen LogP contribution is 2.13. The zero-order chi connectivity index (χ0) is 13.6. The summed E-state index contributed by atoms with van der Waals surface area (Å²) in [7, 11) is -2.85. The summed E-state index contributed by atoms with van der Waals surface area (Å²) < 4.78 is 22.1. The number of rotatable bonds is 7. The van der Waals surface area contributed by atoms with Crippen LogP contribution in [-0.4, -0.2) is 33.0 Å². The second-order valence-electron chi connectivity index (χ2n) is 5.04. The first-order valence-corrected chi connectivity index (χ1v) is 8.40. The van der Waals surface area contributed by atoms with Crippen molar-refractivity contribution in [2.45, 2.75) is 32.2 Å². The first kappa shape index (κ1) is 15.2. The number of nitrogens with one attached hydrogen (secondary N) is 1. The highest BCUT2D eigenvalue weighted by Gasteiger charge is 2.10. The van der Waals surface area contributed by atoms with E-state index in [0.29, 0.717) is 12.3 Å². The molecule has 0 saturated heterocycles. The van der Waals surface area contributed by atoms with Gasteiger partial charge in [0.25, 0.3) is 0 Å². The van der Waals surface area contributed by atoms with E-state index < -0.39 is 9.84 Å². The SMILES string of the molecule is C[C@@H](CCS(C)(=O)=O)NC[C@H](C)c1ccccc1. The number of benzene rings is 1. The summed E-state index contributed by atoms with van der Waals surface area (Å²) in [5.41, 5.74) is 1.31. The summed E-state index contributed by atoms with van der Waals surface area (Å²) >= 11 is 0. The molecule has 1 rings (SSSR count). The van der Waals surface area contributed by atoms with Crippen LogP contribution in [0.1, 0.15) is 31.7 Å². The average Bonchev–Trinajstić information content (AvgIpc) is 2.33. The zero-order valence-electron chi connectivity index (χ0n) is 11.4. The Morgan fingerprint density at radius 2 is 1.78 bits per heavy atom. The average molecular weight is 269 g/mol. The van der Waals surface area contributed by atoms with Crippen LogP contribution in [0.15, 0.2) is 30.3 Å². The third-order valence-electron chi connectivity index (χ3n) is 3.06. The third kappa shape index (κ3) is 6.17. The Balaban J connectivity index is 2.32. The molecule has 0 aliphatic heterocycles. The molecule has 2 atom stereocenters. The molecular formula is C14H23NO2S. The van der Waals surface area contributed by atoms with Gasteiger partial charge < -0.3 is 5.32 Å². The Labute approximate surface area is 111 Å². The van der Waals surface area contributed by atoms with Gasteiger partial charge in [0.1, 0.15) is 9.84 Å². The number of sulfone groups is 1. The number of hydrogen-bond donors (Lipinski definition) is 1. The van der Waals surface area contributed by atoms with E-state index in [1.807, 2.05) is 25.1 Å². The Morgan fingerprint density at radius 1 is 1.17 bits per heavy atom. The van der Waals surface area contributed by atoms with Crippen molar-refractivity contribution in [1.29, 1.82) is 0 Å². The molecule has 0 radical (unpaired) electrons. The Hall–Kier alpha value is -0.870. The molecule has 18 heavy (non-hydrogen) atoms.